The molecule has 0 bridgehead atoms. The van der Waals surface area contributed by atoms with Crippen molar-refractivity contribution in [2.75, 3.05) is 7.11 Å². The monoisotopic (exact) mass is 461 g/mol. The van der Waals surface area contributed by atoms with Gasteiger partial charge in [0.2, 0.25) is 0 Å². The number of hydrogen-bond acceptors (Lipinski definition) is 4. The van der Waals surface area contributed by atoms with Gasteiger partial charge in [-0.1, -0.05) is 48.3 Å². The van der Waals surface area contributed by atoms with Gasteiger partial charge in [0.05, 0.1) is 18.4 Å². The third-order valence-electron chi connectivity index (χ3n) is 4.48. The maximum atomic E-state index is 14.0. The molecule has 1 aliphatic heterocycles. The minimum absolute atomic E-state index is 0.0569. The zero-order chi connectivity index (χ0) is 22.7. The van der Waals surface area contributed by atoms with E-state index in [-0.39, 0.29) is 21.3 Å². The van der Waals surface area contributed by atoms with Crippen molar-refractivity contribution >= 4 is 34.9 Å². The SMILES string of the molecule is CC.COC(=O)c1ccc(C2=NOC(c3cc(Cl)cc(Cl)c3)(C(F)(F)F)C2)cc1C. The van der Waals surface area contributed by atoms with Gasteiger partial charge in [-0.15, -0.1) is 0 Å². The second-order valence-electron chi connectivity index (χ2n) is 6.31. The van der Waals surface area contributed by atoms with Crippen molar-refractivity contribution in [1.82, 2.24) is 0 Å². The molecule has 162 valence electrons. The Labute approximate surface area is 182 Å². The first-order valence-corrected chi connectivity index (χ1v) is 9.80. The number of methoxy groups -OCH3 is 1. The van der Waals surface area contributed by atoms with Crippen molar-refractivity contribution in [2.45, 2.75) is 39.0 Å². The number of benzene rings is 2. The molecule has 0 N–H and O–H groups in total. The van der Waals surface area contributed by atoms with E-state index in [4.69, 9.17) is 28.0 Å². The van der Waals surface area contributed by atoms with Gasteiger partial charge < -0.3 is 9.57 Å². The maximum Gasteiger partial charge on any atom is 0.435 e. The molecule has 2 aromatic carbocycles. The topological polar surface area (TPSA) is 47.9 Å². The number of hydrogen-bond donors (Lipinski definition) is 0. The van der Waals surface area contributed by atoms with Gasteiger partial charge in [0.25, 0.3) is 5.60 Å². The Kier molecular flexibility index (Phi) is 7.42. The molecule has 1 aliphatic rings. The van der Waals surface area contributed by atoms with Crippen molar-refractivity contribution < 1.29 is 27.5 Å². The first-order valence-electron chi connectivity index (χ1n) is 9.05. The molecule has 0 saturated carbocycles. The molecule has 30 heavy (non-hydrogen) atoms. The Morgan fingerprint density at radius 1 is 1.13 bits per heavy atom. The third kappa shape index (κ3) is 4.57. The molecule has 1 unspecified atom stereocenters. The number of nitrogens with zero attached hydrogens (tertiary/aromatic N) is 1. The van der Waals surface area contributed by atoms with Crippen LogP contribution < -0.4 is 0 Å². The molecule has 2 aromatic rings. The fourth-order valence-corrected chi connectivity index (χ4v) is 3.55. The lowest BCUT2D eigenvalue weighted by Crippen LogP contribution is -2.42. The molecule has 0 amide bonds. The fourth-order valence-electron chi connectivity index (χ4n) is 3.03. The summed E-state index contributed by atoms with van der Waals surface area (Å²) in [4.78, 5) is 16.7. The zero-order valence-electron chi connectivity index (χ0n) is 16.7. The number of aryl methyl sites for hydroxylation is 1. The highest BCUT2D eigenvalue weighted by molar-refractivity contribution is 6.34. The van der Waals surface area contributed by atoms with E-state index in [0.717, 1.165) is 12.1 Å². The highest BCUT2D eigenvalue weighted by atomic mass is 35.5. The smallest absolute Gasteiger partial charge is 0.435 e. The van der Waals surface area contributed by atoms with Gasteiger partial charge in [-0.3, -0.25) is 0 Å². The molecule has 0 spiro atoms. The van der Waals surface area contributed by atoms with Crippen LogP contribution in [0, 0.1) is 6.92 Å². The van der Waals surface area contributed by atoms with Crippen molar-refractivity contribution in [3.05, 3.63) is 68.7 Å². The largest absolute Gasteiger partial charge is 0.465 e. The second-order valence-corrected chi connectivity index (χ2v) is 7.18. The van der Waals surface area contributed by atoms with Crippen LogP contribution in [0.5, 0.6) is 0 Å². The summed E-state index contributed by atoms with van der Waals surface area (Å²) in [5, 5.41) is 3.81. The van der Waals surface area contributed by atoms with Crippen molar-refractivity contribution in [1.29, 1.82) is 0 Å². The third-order valence-corrected chi connectivity index (χ3v) is 4.92. The number of carbonyl (C=O) groups excluding carboxylic acids is 1. The summed E-state index contributed by atoms with van der Waals surface area (Å²) in [6, 6.07) is 8.19. The number of rotatable bonds is 3. The summed E-state index contributed by atoms with van der Waals surface area (Å²) in [6.07, 6.45) is -5.34. The van der Waals surface area contributed by atoms with E-state index in [1.54, 1.807) is 13.0 Å². The minimum Gasteiger partial charge on any atom is -0.465 e. The maximum absolute atomic E-state index is 14.0. The summed E-state index contributed by atoms with van der Waals surface area (Å²) >= 11 is 11.8. The molecular weight excluding hydrogens is 442 g/mol. The molecule has 3 rings (SSSR count). The van der Waals surface area contributed by atoms with E-state index in [1.807, 2.05) is 13.8 Å². The summed E-state index contributed by atoms with van der Waals surface area (Å²) in [7, 11) is 1.25. The standard InChI is InChI=1S/C19H14Cl2F3NO3.C2H6/c1-10-5-11(3-4-15(10)17(26)27-2)16-9-18(28-25-16,19(22,23)24)12-6-13(20)8-14(21)7-12;1-2/h3-8H,9H2,1-2H3;1-2H3. The lowest BCUT2D eigenvalue weighted by Gasteiger charge is -2.29. The first-order chi connectivity index (χ1) is 14.1. The van der Waals surface area contributed by atoms with Gasteiger partial charge in [-0.05, 0) is 48.4 Å². The van der Waals surface area contributed by atoms with Gasteiger partial charge in [0.15, 0.2) is 0 Å². The van der Waals surface area contributed by atoms with Crippen LogP contribution in [0.4, 0.5) is 13.2 Å². The van der Waals surface area contributed by atoms with E-state index in [1.165, 1.54) is 25.3 Å². The van der Waals surface area contributed by atoms with E-state index in [9.17, 15) is 18.0 Å². The van der Waals surface area contributed by atoms with Crippen LogP contribution in [0.2, 0.25) is 10.0 Å². The van der Waals surface area contributed by atoms with Crippen LogP contribution in [0.3, 0.4) is 0 Å². The minimum atomic E-state index is -4.77. The molecule has 0 aromatic heterocycles. The molecule has 0 saturated heterocycles. The number of halogens is 5. The highest BCUT2D eigenvalue weighted by Crippen LogP contribution is 2.49. The summed E-state index contributed by atoms with van der Waals surface area (Å²) < 4.78 is 46.7. The summed E-state index contributed by atoms with van der Waals surface area (Å²) in [6.45, 7) is 5.65. The fraction of sp³-hybridized carbons (Fsp3) is 0.333. The number of alkyl halides is 3. The van der Waals surface area contributed by atoms with E-state index >= 15 is 0 Å². The molecule has 0 radical (unpaired) electrons. The van der Waals surface area contributed by atoms with Gasteiger partial charge in [0.1, 0.15) is 0 Å². The predicted octanol–water partition coefficient (Wildman–Crippen LogP) is 6.70. The zero-order valence-corrected chi connectivity index (χ0v) is 18.2. The van der Waals surface area contributed by atoms with Crippen LogP contribution in [-0.4, -0.2) is 25.0 Å². The molecule has 4 nitrogen and oxygen atoms in total. The van der Waals surface area contributed by atoms with Crippen LogP contribution in [0.25, 0.3) is 0 Å². The Morgan fingerprint density at radius 3 is 2.23 bits per heavy atom. The molecule has 1 atom stereocenters. The lowest BCUT2D eigenvalue weighted by molar-refractivity contribution is -0.275. The molecule has 1 heterocycles. The number of carbonyl (C=O) groups is 1. The summed E-state index contributed by atoms with van der Waals surface area (Å²) in [5.74, 6) is -0.535. The van der Waals surface area contributed by atoms with E-state index < -0.39 is 24.2 Å². The van der Waals surface area contributed by atoms with Gasteiger partial charge >= 0.3 is 12.1 Å². The average Bonchev–Trinajstić information content (AvgIpc) is 3.15. The van der Waals surface area contributed by atoms with E-state index in [0.29, 0.717) is 16.7 Å². The second kappa shape index (κ2) is 9.27. The summed E-state index contributed by atoms with van der Waals surface area (Å²) in [5.41, 5.74) is -1.58. The Bertz CT molecular complexity index is 956. The quantitative estimate of drug-likeness (QED) is 0.477. The van der Waals surface area contributed by atoms with Crippen molar-refractivity contribution in [3.63, 3.8) is 0 Å². The van der Waals surface area contributed by atoms with Gasteiger partial charge in [0, 0.05) is 22.0 Å². The van der Waals surface area contributed by atoms with Crippen LogP contribution in [-0.2, 0) is 15.2 Å². The van der Waals surface area contributed by atoms with Crippen LogP contribution in [0.1, 0.15) is 47.3 Å². The molecule has 0 aliphatic carbocycles. The average molecular weight is 462 g/mol. The Hall–Kier alpha value is -2.25. The predicted molar refractivity (Wildman–Crippen MR) is 110 cm³/mol. The van der Waals surface area contributed by atoms with E-state index in [2.05, 4.69) is 9.89 Å². The molecule has 0 fully saturated rings. The molecule has 9 heteroatoms. The first kappa shape index (κ1) is 24.0. The van der Waals surface area contributed by atoms with Gasteiger partial charge in [-0.2, -0.15) is 13.2 Å². The van der Waals surface area contributed by atoms with Crippen molar-refractivity contribution in [2.24, 2.45) is 5.16 Å². The normalized spacial score (nSPS) is 18.1. The van der Waals surface area contributed by atoms with Crippen molar-refractivity contribution in [3.8, 4) is 0 Å². The number of oxime groups is 1. The highest BCUT2D eigenvalue weighted by Gasteiger charge is 2.62. The van der Waals surface area contributed by atoms with Crippen LogP contribution >= 0.6 is 23.2 Å². The van der Waals surface area contributed by atoms with Gasteiger partial charge in [-0.25, -0.2) is 4.79 Å². The Balaban J connectivity index is 0.00000155. The Morgan fingerprint density at radius 2 is 1.73 bits per heavy atom. The lowest BCUT2D eigenvalue weighted by atomic mass is 9.86. The van der Waals surface area contributed by atoms with Crippen LogP contribution in [0.15, 0.2) is 41.6 Å². The number of esters is 1. The molecular formula is C21H20Cl2F3NO3. The number of ether oxygens (including phenoxy) is 1.